The number of benzene rings is 2. The van der Waals surface area contributed by atoms with Crippen molar-refractivity contribution >= 4 is 33.3 Å². The van der Waals surface area contributed by atoms with E-state index in [1.165, 1.54) is 0 Å². The van der Waals surface area contributed by atoms with Crippen LogP contribution >= 0.6 is 15.9 Å². The Morgan fingerprint density at radius 1 is 1.04 bits per heavy atom. The van der Waals surface area contributed by atoms with Gasteiger partial charge in [0, 0.05) is 40.2 Å². The summed E-state index contributed by atoms with van der Waals surface area (Å²) in [5, 5.41) is 0. The number of rotatable bonds is 2. The number of carbonyl (C=O) groups excluding carboxylic acids is 2. The van der Waals surface area contributed by atoms with Crippen molar-refractivity contribution in [2.45, 2.75) is 38.5 Å². The fraction of sp³-hybridized carbons (Fsp3) is 0.273. The molecule has 1 amide bonds. The van der Waals surface area contributed by atoms with Gasteiger partial charge in [0.1, 0.15) is 0 Å². The van der Waals surface area contributed by atoms with Crippen molar-refractivity contribution in [2.75, 3.05) is 4.90 Å². The van der Waals surface area contributed by atoms with Crippen LogP contribution in [0.15, 0.2) is 64.3 Å². The van der Waals surface area contributed by atoms with Gasteiger partial charge in [0.05, 0.1) is 0 Å². The quantitative estimate of drug-likeness (QED) is 0.675. The van der Waals surface area contributed by atoms with Crippen LogP contribution < -0.4 is 4.90 Å². The van der Waals surface area contributed by atoms with Crippen LogP contribution in [0.3, 0.4) is 0 Å². The number of hydrogen-bond acceptors (Lipinski definition) is 2. The predicted octanol–water partition coefficient (Wildman–Crippen LogP) is 5.29. The average Bonchev–Trinajstić information content (AvgIpc) is 2.62. The Morgan fingerprint density at radius 3 is 2.54 bits per heavy atom. The van der Waals surface area contributed by atoms with Crippen LogP contribution in [-0.4, -0.2) is 11.7 Å². The number of nitrogens with zero attached hydrogens (tertiary/aromatic N) is 1. The second-order valence-electron chi connectivity index (χ2n) is 7.01. The van der Waals surface area contributed by atoms with Crippen molar-refractivity contribution in [1.29, 1.82) is 0 Å². The summed E-state index contributed by atoms with van der Waals surface area (Å²) in [7, 11) is 0. The molecule has 4 heteroatoms. The molecule has 4 rings (SSSR count). The average molecular weight is 410 g/mol. The van der Waals surface area contributed by atoms with E-state index in [1.54, 1.807) is 4.90 Å². The minimum Gasteiger partial charge on any atom is -0.294 e. The third-order valence-electron chi connectivity index (χ3n) is 5.22. The topological polar surface area (TPSA) is 37.4 Å². The maximum atomic E-state index is 13.1. The number of Topliss-reactive ketones (excluding diaryl/α,β-unsaturated/α-hetero) is 1. The number of halogens is 1. The SMILES string of the molecule is Cc1ccc(N2C(=O)CC(c3cccc(Br)c3)C3=C2CCCC3=O)cc1. The lowest BCUT2D eigenvalue weighted by atomic mass is 9.77. The Balaban J connectivity index is 1.85. The van der Waals surface area contributed by atoms with Gasteiger partial charge in [-0.2, -0.15) is 0 Å². The van der Waals surface area contributed by atoms with E-state index in [2.05, 4.69) is 15.9 Å². The number of anilines is 1. The molecule has 2 aromatic rings. The summed E-state index contributed by atoms with van der Waals surface area (Å²) in [6.45, 7) is 2.03. The highest BCUT2D eigenvalue weighted by atomic mass is 79.9. The molecule has 0 bridgehead atoms. The molecule has 1 unspecified atom stereocenters. The molecule has 0 aromatic heterocycles. The Bertz CT molecular complexity index is 914. The minimum atomic E-state index is -0.149. The molecule has 1 atom stereocenters. The molecule has 0 saturated carbocycles. The van der Waals surface area contributed by atoms with E-state index in [0.29, 0.717) is 12.8 Å². The van der Waals surface area contributed by atoms with Crippen LogP contribution in [0.1, 0.15) is 42.7 Å². The molecule has 1 aliphatic heterocycles. The van der Waals surface area contributed by atoms with Crippen molar-refractivity contribution in [2.24, 2.45) is 0 Å². The third kappa shape index (κ3) is 3.03. The lowest BCUT2D eigenvalue weighted by molar-refractivity contribution is -0.119. The zero-order valence-electron chi connectivity index (χ0n) is 14.7. The molecule has 0 N–H and O–H groups in total. The van der Waals surface area contributed by atoms with E-state index in [-0.39, 0.29) is 17.6 Å². The molecule has 26 heavy (non-hydrogen) atoms. The highest BCUT2D eigenvalue weighted by Gasteiger charge is 2.39. The zero-order valence-corrected chi connectivity index (χ0v) is 16.3. The fourth-order valence-electron chi connectivity index (χ4n) is 3.99. The first-order valence-corrected chi connectivity index (χ1v) is 9.75. The first kappa shape index (κ1) is 17.2. The Labute approximate surface area is 161 Å². The van der Waals surface area contributed by atoms with Crippen molar-refractivity contribution in [3.63, 3.8) is 0 Å². The van der Waals surface area contributed by atoms with E-state index in [4.69, 9.17) is 0 Å². The highest BCUT2D eigenvalue weighted by molar-refractivity contribution is 9.10. The van der Waals surface area contributed by atoms with Crippen molar-refractivity contribution in [3.05, 3.63) is 75.4 Å². The van der Waals surface area contributed by atoms with E-state index in [0.717, 1.165) is 45.4 Å². The van der Waals surface area contributed by atoms with Gasteiger partial charge in [-0.3, -0.25) is 14.5 Å². The number of allylic oxidation sites excluding steroid dienone is 2. The minimum absolute atomic E-state index is 0.0623. The first-order valence-electron chi connectivity index (χ1n) is 8.96. The van der Waals surface area contributed by atoms with Gasteiger partial charge in [-0.05, 0) is 49.6 Å². The predicted molar refractivity (Wildman–Crippen MR) is 106 cm³/mol. The second kappa shape index (κ2) is 6.84. The molecule has 0 saturated heterocycles. The van der Waals surface area contributed by atoms with Gasteiger partial charge in [0.2, 0.25) is 5.91 Å². The van der Waals surface area contributed by atoms with Crippen LogP contribution in [-0.2, 0) is 9.59 Å². The largest absolute Gasteiger partial charge is 0.294 e. The van der Waals surface area contributed by atoms with Gasteiger partial charge < -0.3 is 0 Å². The monoisotopic (exact) mass is 409 g/mol. The lowest BCUT2D eigenvalue weighted by Gasteiger charge is -2.38. The molecule has 1 heterocycles. The Hall–Kier alpha value is -2.20. The van der Waals surface area contributed by atoms with Crippen molar-refractivity contribution < 1.29 is 9.59 Å². The molecular weight excluding hydrogens is 390 g/mol. The Kier molecular flexibility index (Phi) is 4.53. The Morgan fingerprint density at radius 2 is 1.81 bits per heavy atom. The summed E-state index contributed by atoms with van der Waals surface area (Å²) < 4.78 is 0.967. The van der Waals surface area contributed by atoms with Crippen LogP contribution in [0.2, 0.25) is 0 Å². The van der Waals surface area contributed by atoms with Crippen molar-refractivity contribution in [3.8, 4) is 0 Å². The van der Waals surface area contributed by atoms with Gasteiger partial charge in [-0.25, -0.2) is 0 Å². The number of ketones is 1. The van der Waals surface area contributed by atoms with Gasteiger partial charge in [-0.1, -0.05) is 45.8 Å². The fourth-order valence-corrected chi connectivity index (χ4v) is 4.41. The molecule has 1 aliphatic carbocycles. The van der Waals surface area contributed by atoms with E-state index < -0.39 is 0 Å². The van der Waals surface area contributed by atoms with Crippen molar-refractivity contribution in [1.82, 2.24) is 0 Å². The van der Waals surface area contributed by atoms with Crippen LogP contribution in [0, 0.1) is 6.92 Å². The number of aryl methyl sites for hydroxylation is 1. The lowest BCUT2D eigenvalue weighted by Crippen LogP contribution is -2.40. The molecule has 0 radical (unpaired) electrons. The van der Waals surface area contributed by atoms with Gasteiger partial charge >= 0.3 is 0 Å². The standard InChI is InChI=1S/C22H20BrNO2/c1-14-8-10-17(11-9-14)24-19-6-3-7-20(25)22(19)18(13-21(24)26)15-4-2-5-16(23)12-15/h2,4-5,8-12,18H,3,6-7,13H2,1H3. The van der Waals surface area contributed by atoms with Crippen LogP contribution in [0.4, 0.5) is 5.69 Å². The summed E-state index contributed by atoms with van der Waals surface area (Å²) in [6.07, 6.45) is 2.47. The third-order valence-corrected chi connectivity index (χ3v) is 5.71. The normalized spacial score (nSPS) is 20.4. The van der Waals surface area contributed by atoms with Crippen LogP contribution in [0.5, 0.6) is 0 Å². The maximum absolute atomic E-state index is 13.1. The molecule has 0 spiro atoms. The smallest absolute Gasteiger partial charge is 0.232 e. The number of amides is 1. The summed E-state index contributed by atoms with van der Waals surface area (Å²) in [6, 6.07) is 15.9. The van der Waals surface area contributed by atoms with Gasteiger partial charge in [-0.15, -0.1) is 0 Å². The summed E-state index contributed by atoms with van der Waals surface area (Å²) in [5.74, 6) is 0.0950. The zero-order chi connectivity index (χ0) is 18.3. The number of carbonyl (C=O) groups is 2. The van der Waals surface area contributed by atoms with Crippen LogP contribution in [0.25, 0.3) is 0 Å². The van der Waals surface area contributed by atoms with E-state index in [9.17, 15) is 9.59 Å². The summed E-state index contributed by atoms with van der Waals surface area (Å²) in [4.78, 5) is 27.7. The maximum Gasteiger partial charge on any atom is 0.232 e. The first-order chi connectivity index (χ1) is 12.5. The number of hydrogen-bond donors (Lipinski definition) is 0. The summed E-state index contributed by atoms with van der Waals surface area (Å²) in [5.41, 5.74) is 4.76. The van der Waals surface area contributed by atoms with Gasteiger partial charge in [0.25, 0.3) is 0 Å². The molecule has 2 aromatic carbocycles. The molecule has 0 fully saturated rings. The van der Waals surface area contributed by atoms with E-state index in [1.807, 2.05) is 55.5 Å². The molecule has 132 valence electrons. The molecular formula is C22H20BrNO2. The molecule has 3 nitrogen and oxygen atoms in total. The second-order valence-corrected chi connectivity index (χ2v) is 7.93. The highest BCUT2D eigenvalue weighted by Crippen LogP contribution is 2.43. The summed E-state index contributed by atoms with van der Waals surface area (Å²) >= 11 is 3.51. The van der Waals surface area contributed by atoms with Gasteiger partial charge in [0.15, 0.2) is 5.78 Å². The molecule has 2 aliphatic rings. The van der Waals surface area contributed by atoms with E-state index >= 15 is 0 Å².